The maximum atomic E-state index is 11.2. The number of carboxylic acid groups (broad SMARTS) is 1. The Kier molecular flexibility index (Phi) is 2.64. The summed E-state index contributed by atoms with van der Waals surface area (Å²) in [4.78, 5) is 15.6. The van der Waals surface area contributed by atoms with E-state index in [0.717, 1.165) is 12.0 Å². The second-order valence-electron chi connectivity index (χ2n) is 3.90. The van der Waals surface area contributed by atoms with Crippen LogP contribution in [0.2, 0.25) is 0 Å². The number of imidazole rings is 1. The average molecular weight is 218 g/mol. The molecule has 2 rings (SSSR count). The second-order valence-corrected chi connectivity index (χ2v) is 3.90. The lowest BCUT2D eigenvalue weighted by molar-refractivity contribution is 0.0688. The summed E-state index contributed by atoms with van der Waals surface area (Å²) < 4.78 is 1.66. The van der Waals surface area contributed by atoms with Gasteiger partial charge in [-0.3, -0.25) is 4.40 Å². The van der Waals surface area contributed by atoms with Crippen molar-refractivity contribution >= 4 is 11.6 Å². The molecule has 0 aliphatic heterocycles. The van der Waals surface area contributed by atoms with E-state index in [-0.39, 0.29) is 0 Å². The number of aromatic carboxylic acids is 1. The van der Waals surface area contributed by atoms with Gasteiger partial charge in [0.05, 0.1) is 5.69 Å². The van der Waals surface area contributed by atoms with Gasteiger partial charge in [0.1, 0.15) is 5.65 Å². The zero-order valence-corrected chi connectivity index (χ0v) is 9.40. The van der Waals surface area contributed by atoms with Crippen LogP contribution in [0, 0.1) is 6.92 Å². The third-order valence-corrected chi connectivity index (χ3v) is 2.53. The summed E-state index contributed by atoms with van der Waals surface area (Å²) in [7, 11) is 0. The topological polar surface area (TPSA) is 54.6 Å². The van der Waals surface area contributed by atoms with Crippen molar-refractivity contribution in [2.45, 2.75) is 26.7 Å². The number of carbonyl (C=O) groups is 1. The molecule has 0 radical (unpaired) electrons. The van der Waals surface area contributed by atoms with Gasteiger partial charge in [-0.15, -0.1) is 0 Å². The molecule has 0 saturated heterocycles. The number of hydrogen-bond donors (Lipinski definition) is 1. The smallest absolute Gasteiger partial charge is 0.354 e. The minimum absolute atomic E-state index is 0.292. The number of hydrogen-bond acceptors (Lipinski definition) is 2. The fraction of sp³-hybridized carbons (Fsp3) is 0.333. The largest absolute Gasteiger partial charge is 0.477 e. The van der Waals surface area contributed by atoms with Crippen LogP contribution < -0.4 is 0 Å². The monoisotopic (exact) mass is 218 g/mol. The SMILES string of the molecule is CCCc1nc2ccc(C)cn2c1C(=O)O. The van der Waals surface area contributed by atoms with Crippen LogP contribution in [0.5, 0.6) is 0 Å². The Morgan fingerprint density at radius 3 is 2.88 bits per heavy atom. The molecule has 1 N–H and O–H groups in total. The van der Waals surface area contributed by atoms with Crippen molar-refractivity contribution in [2.24, 2.45) is 0 Å². The summed E-state index contributed by atoms with van der Waals surface area (Å²) >= 11 is 0. The van der Waals surface area contributed by atoms with Crippen molar-refractivity contribution in [1.29, 1.82) is 0 Å². The van der Waals surface area contributed by atoms with Crippen molar-refractivity contribution in [1.82, 2.24) is 9.38 Å². The standard InChI is InChI=1S/C12H14N2O2/c1-3-4-9-11(12(15)16)14-7-8(2)5-6-10(14)13-9/h5-7H,3-4H2,1-2H3,(H,15,16). The first-order chi connectivity index (χ1) is 7.63. The van der Waals surface area contributed by atoms with Crippen LogP contribution in [0.3, 0.4) is 0 Å². The van der Waals surface area contributed by atoms with Gasteiger partial charge in [0.2, 0.25) is 0 Å². The molecule has 0 aliphatic rings. The molecule has 0 saturated carbocycles. The maximum Gasteiger partial charge on any atom is 0.354 e. The Bertz CT molecular complexity index is 543. The number of nitrogens with zero attached hydrogens (tertiary/aromatic N) is 2. The van der Waals surface area contributed by atoms with E-state index in [9.17, 15) is 9.90 Å². The molecule has 16 heavy (non-hydrogen) atoms. The maximum absolute atomic E-state index is 11.2. The van der Waals surface area contributed by atoms with Crippen LogP contribution in [0.1, 0.15) is 35.1 Å². The summed E-state index contributed by atoms with van der Waals surface area (Å²) in [5.41, 5.74) is 2.68. The van der Waals surface area contributed by atoms with E-state index in [0.29, 0.717) is 23.5 Å². The van der Waals surface area contributed by atoms with Gasteiger partial charge in [0.25, 0.3) is 0 Å². The van der Waals surface area contributed by atoms with E-state index >= 15 is 0 Å². The summed E-state index contributed by atoms with van der Waals surface area (Å²) in [6.45, 7) is 3.95. The molecule has 0 aliphatic carbocycles. The van der Waals surface area contributed by atoms with Crippen molar-refractivity contribution < 1.29 is 9.90 Å². The lowest BCUT2D eigenvalue weighted by atomic mass is 10.2. The van der Waals surface area contributed by atoms with Crippen molar-refractivity contribution in [2.75, 3.05) is 0 Å². The molecule has 0 atom stereocenters. The molecular weight excluding hydrogens is 204 g/mol. The zero-order chi connectivity index (χ0) is 11.7. The van der Waals surface area contributed by atoms with Gasteiger partial charge in [-0.2, -0.15) is 0 Å². The van der Waals surface area contributed by atoms with Crippen molar-refractivity contribution in [3.05, 3.63) is 35.3 Å². The fourth-order valence-corrected chi connectivity index (χ4v) is 1.84. The number of fused-ring (bicyclic) bond motifs is 1. The van der Waals surface area contributed by atoms with Crippen LogP contribution >= 0.6 is 0 Å². The molecule has 4 heteroatoms. The average Bonchev–Trinajstić information content (AvgIpc) is 2.55. The van der Waals surface area contributed by atoms with Gasteiger partial charge in [-0.1, -0.05) is 19.4 Å². The van der Waals surface area contributed by atoms with Crippen LogP contribution in [-0.4, -0.2) is 20.5 Å². The number of carboxylic acids is 1. The molecule has 0 amide bonds. The molecule has 0 aromatic carbocycles. The van der Waals surface area contributed by atoms with E-state index in [2.05, 4.69) is 4.98 Å². The van der Waals surface area contributed by atoms with Crippen molar-refractivity contribution in [3.8, 4) is 0 Å². The molecule has 2 aromatic heterocycles. The molecule has 0 fully saturated rings. The van der Waals surface area contributed by atoms with Gasteiger partial charge in [-0.05, 0) is 25.0 Å². The van der Waals surface area contributed by atoms with Crippen LogP contribution in [0.25, 0.3) is 5.65 Å². The molecule has 84 valence electrons. The zero-order valence-electron chi connectivity index (χ0n) is 9.40. The molecule has 4 nitrogen and oxygen atoms in total. The highest BCUT2D eigenvalue weighted by Gasteiger charge is 2.17. The Labute approximate surface area is 93.5 Å². The van der Waals surface area contributed by atoms with Gasteiger partial charge in [-0.25, -0.2) is 9.78 Å². The quantitative estimate of drug-likeness (QED) is 0.859. The summed E-state index contributed by atoms with van der Waals surface area (Å²) in [6, 6.07) is 3.78. The van der Waals surface area contributed by atoms with Crippen LogP contribution in [-0.2, 0) is 6.42 Å². The summed E-state index contributed by atoms with van der Waals surface area (Å²) in [6.07, 6.45) is 3.40. The first-order valence-electron chi connectivity index (χ1n) is 5.34. The minimum atomic E-state index is -0.915. The number of rotatable bonds is 3. The Morgan fingerprint density at radius 1 is 1.50 bits per heavy atom. The molecule has 2 heterocycles. The number of pyridine rings is 1. The van der Waals surface area contributed by atoms with E-state index in [1.54, 1.807) is 4.40 Å². The molecule has 0 bridgehead atoms. The second kappa shape index (κ2) is 3.96. The predicted molar refractivity (Wildman–Crippen MR) is 60.9 cm³/mol. The third-order valence-electron chi connectivity index (χ3n) is 2.53. The van der Waals surface area contributed by atoms with Crippen LogP contribution in [0.15, 0.2) is 18.3 Å². The first kappa shape index (κ1) is 10.7. The van der Waals surface area contributed by atoms with E-state index in [1.165, 1.54) is 0 Å². The predicted octanol–water partition coefficient (Wildman–Crippen LogP) is 2.29. The number of aryl methyl sites for hydroxylation is 2. The highest BCUT2D eigenvalue weighted by atomic mass is 16.4. The van der Waals surface area contributed by atoms with E-state index < -0.39 is 5.97 Å². The molecule has 0 spiro atoms. The summed E-state index contributed by atoms with van der Waals surface area (Å²) in [5.74, 6) is -0.915. The van der Waals surface area contributed by atoms with Gasteiger partial charge < -0.3 is 5.11 Å². The van der Waals surface area contributed by atoms with E-state index in [1.807, 2.05) is 32.2 Å². The minimum Gasteiger partial charge on any atom is -0.477 e. The van der Waals surface area contributed by atoms with E-state index in [4.69, 9.17) is 0 Å². The summed E-state index contributed by atoms with van der Waals surface area (Å²) in [5, 5.41) is 9.21. The molecule has 0 unspecified atom stereocenters. The Hall–Kier alpha value is -1.84. The van der Waals surface area contributed by atoms with Gasteiger partial charge in [0, 0.05) is 6.20 Å². The van der Waals surface area contributed by atoms with Crippen molar-refractivity contribution in [3.63, 3.8) is 0 Å². The highest BCUT2D eigenvalue weighted by Crippen LogP contribution is 2.15. The fourth-order valence-electron chi connectivity index (χ4n) is 1.84. The lowest BCUT2D eigenvalue weighted by Crippen LogP contribution is -2.05. The van der Waals surface area contributed by atoms with Gasteiger partial charge >= 0.3 is 5.97 Å². The number of aromatic nitrogens is 2. The molecule has 2 aromatic rings. The van der Waals surface area contributed by atoms with Crippen LogP contribution in [0.4, 0.5) is 0 Å². The Morgan fingerprint density at radius 2 is 2.25 bits per heavy atom. The normalized spacial score (nSPS) is 10.9. The lowest BCUT2D eigenvalue weighted by Gasteiger charge is -1.99. The third kappa shape index (κ3) is 1.66. The molecular formula is C12H14N2O2. The van der Waals surface area contributed by atoms with Gasteiger partial charge in [0.15, 0.2) is 5.69 Å². The highest BCUT2D eigenvalue weighted by molar-refractivity contribution is 5.88. The Balaban J connectivity index is 2.72. The first-order valence-corrected chi connectivity index (χ1v) is 5.34.